The highest BCUT2D eigenvalue weighted by atomic mass is 32.2. The molecule has 1 unspecified atom stereocenters. The first-order chi connectivity index (χ1) is 6.34. The SMILES string of the molecule is O=COCCS(=O)c1ccccc1. The Labute approximate surface area is 79.2 Å². The van der Waals surface area contributed by atoms with Crippen LogP contribution in [0.25, 0.3) is 0 Å². The van der Waals surface area contributed by atoms with Crippen molar-refractivity contribution in [1.29, 1.82) is 0 Å². The molecule has 0 fully saturated rings. The molecule has 0 saturated heterocycles. The van der Waals surface area contributed by atoms with E-state index in [-0.39, 0.29) is 6.61 Å². The summed E-state index contributed by atoms with van der Waals surface area (Å²) in [6.45, 7) is 0.563. The van der Waals surface area contributed by atoms with Crippen molar-refractivity contribution in [2.45, 2.75) is 4.90 Å². The minimum Gasteiger partial charge on any atom is -0.467 e. The van der Waals surface area contributed by atoms with E-state index in [4.69, 9.17) is 0 Å². The summed E-state index contributed by atoms with van der Waals surface area (Å²) in [5, 5.41) is 0. The zero-order valence-electron chi connectivity index (χ0n) is 7.01. The Bertz CT molecular complexity index is 284. The number of benzene rings is 1. The molecule has 0 aliphatic heterocycles. The standard InChI is InChI=1S/C9H10O3S/c10-8-12-6-7-13(11)9-4-2-1-3-5-9/h1-5,8H,6-7H2. The molecular formula is C9H10O3S. The maximum absolute atomic E-state index is 11.4. The van der Waals surface area contributed by atoms with Crippen LogP contribution in [-0.2, 0) is 20.3 Å². The second kappa shape index (κ2) is 5.48. The monoisotopic (exact) mass is 198 g/mol. The highest BCUT2D eigenvalue weighted by molar-refractivity contribution is 7.85. The highest BCUT2D eigenvalue weighted by Gasteiger charge is 2.01. The topological polar surface area (TPSA) is 43.4 Å². The van der Waals surface area contributed by atoms with Gasteiger partial charge in [0.2, 0.25) is 0 Å². The van der Waals surface area contributed by atoms with Crippen molar-refractivity contribution in [2.24, 2.45) is 0 Å². The van der Waals surface area contributed by atoms with Crippen molar-refractivity contribution in [3.63, 3.8) is 0 Å². The molecule has 0 saturated carbocycles. The van der Waals surface area contributed by atoms with E-state index in [1.165, 1.54) is 0 Å². The van der Waals surface area contributed by atoms with Crippen LogP contribution in [-0.4, -0.2) is 23.0 Å². The average molecular weight is 198 g/mol. The Balaban J connectivity index is 2.45. The summed E-state index contributed by atoms with van der Waals surface area (Å²) in [4.78, 5) is 10.6. The van der Waals surface area contributed by atoms with Gasteiger partial charge in [-0.2, -0.15) is 0 Å². The van der Waals surface area contributed by atoms with Crippen LogP contribution in [0.2, 0.25) is 0 Å². The number of hydrogen-bond acceptors (Lipinski definition) is 3. The van der Waals surface area contributed by atoms with Crippen molar-refractivity contribution in [1.82, 2.24) is 0 Å². The Hall–Kier alpha value is -1.16. The lowest BCUT2D eigenvalue weighted by atomic mass is 10.4. The summed E-state index contributed by atoms with van der Waals surface area (Å²) in [5.41, 5.74) is 0. The molecule has 0 aliphatic carbocycles. The molecule has 70 valence electrons. The fourth-order valence-corrected chi connectivity index (χ4v) is 1.81. The van der Waals surface area contributed by atoms with Gasteiger partial charge in [0.25, 0.3) is 6.47 Å². The van der Waals surface area contributed by atoms with E-state index in [2.05, 4.69) is 4.74 Å². The molecule has 1 aromatic rings. The van der Waals surface area contributed by atoms with Gasteiger partial charge >= 0.3 is 0 Å². The van der Waals surface area contributed by atoms with Crippen LogP contribution in [0.3, 0.4) is 0 Å². The minimum atomic E-state index is -1.07. The maximum atomic E-state index is 11.4. The molecular weight excluding hydrogens is 188 g/mol. The number of carbonyl (C=O) groups excluding carboxylic acids is 1. The second-order valence-corrected chi connectivity index (χ2v) is 3.90. The molecule has 0 heterocycles. The molecule has 0 spiro atoms. The third kappa shape index (κ3) is 3.38. The summed E-state index contributed by atoms with van der Waals surface area (Å²) in [5.74, 6) is 0.350. The van der Waals surface area contributed by atoms with Crippen molar-refractivity contribution < 1.29 is 13.7 Å². The Morgan fingerprint density at radius 2 is 2.00 bits per heavy atom. The van der Waals surface area contributed by atoms with Crippen LogP contribution in [0.4, 0.5) is 0 Å². The summed E-state index contributed by atoms with van der Waals surface area (Å²) in [7, 11) is -1.07. The molecule has 1 aromatic carbocycles. The van der Waals surface area contributed by atoms with Crippen LogP contribution in [0.5, 0.6) is 0 Å². The maximum Gasteiger partial charge on any atom is 0.293 e. The lowest BCUT2D eigenvalue weighted by Crippen LogP contribution is -2.05. The molecule has 0 aromatic heterocycles. The minimum absolute atomic E-state index is 0.199. The summed E-state index contributed by atoms with van der Waals surface area (Å²) in [6.07, 6.45) is 0. The van der Waals surface area contributed by atoms with E-state index >= 15 is 0 Å². The van der Waals surface area contributed by atoms with Crippen LogP contribution in [0, 0.1) is 0 Å². The predicted octanol–water partition coefficient (Wildman–Crippen LogP) is 0.967. The number of rotatable bonds is 5. The van der Waals surface area contributed by atoms with Gasteiger partial charge in [-0.3, -0.25) is 9.00 Å². The van der Waals surface area contributed by atoms with Crippen molar-refractivity contribution in [3.8, 4) is 0 Å². The van der Waals surface area contributed by atoms with E-state index < -0.39 is 10.8 Å². The van der Waals surface area contributed by atoms with Crippen molar-refractivity contribution >= 4 is 17.3 Å². The number of carbonyl (C=O) groups is 1. The van der Waals surface area contributed by atoms with Gasteiger partial charge in [0.1, 0.15) is 6.61 Å². The van der Waals surface area contributed by atoms with Crippen molar-refractivity contribution in [3.05, 3.63) is 30.3 Å². The third-order valence-electron chi connectivity index (χ3n) is 1.46. The normalized spacial score (nSPS) is 12.0. The van der Waals surface area contributed by atoms with E-state index in [9.17, 15) is 9.00 Å². The Morgan fingerprint density at radius 1 is 1.31 bits per heavy atom. The van der Waals surface area contributed by atoms with E-state index in [0.717, 1.165) is 4.90 Å². The van der Waals surface area contributed by atoms with Crippen LogP contribution < -0.4 is 0 Å². The third-order valence-corrected chi connectivity index (χ3v) is 2.80. The molecule has 3 nitrogen and oxygen atoms in total. The quantitative estimate of drug-likeness (QED) is 0.523. The molecule has 4 heteroatoms. The summed E-state index contributed by atoms with van der Waals surface area (Å²) in [6, 6.07) is 9.10. The van der Waals surface area contributed by atoms with E-state index in [1.54, 1.807) is 12.1 Å². The predicted molar refractivity (Wildman–Crippen MR) is 49.7 cm³/mol. The lowest BCUT2D eigenvalue weighted by Gasteiger charge is -2.00. The first kappa shape index (κ1) is 9.92. The van der Waals surface area contributed by atoms with E-state index in [1.807, 2.05) is 18.2 Å². The molecule has 0 bridgehead atoms. The van der Waals surface area contributed by atoms with Gasteiger partial charge in [0.15, 0.2) is 0 Å². The first-order valence-electron chi connectivity index (χ1n) is 3.83. The summed E-state index contributed by atoms with van der Waals surface area (Å²) < 4.78 is 15.9. The van der Waals surface area contributed by atoms with Gasteiger partial charge in [-0.15, -0.1) is 0 Å². The highest BCUT2D eigenvalue weighted by Crippen LogP contribution is 2.04. The molecule has 0 radical (unpaired) electrons. The average Bonchev–Trinajstić information content (AvgIpc) is 2.19. The van der Waals surface area contributed by atoms with Gasteiger partial charge < -0.3 is 4.74 Å². The molecule has 0 N–H and O–H groups in total. The van der Waals surface area contributed by atoms with Crippen molar-refractivity contribution in [2.75, 3.05) is 12.4 Å². The fourth-order valence-electron chi connectivity index (χ4n) is 0.862. The van der Waals surface area contributed by atoms with Gasteiger partial charge in [-0.1, -0.05) is 18.2 Å². The Morgan fingerprint density at radius 3 is 2.62 bits per heavy atom. The van der Waals surface area contributed by atoms with E-state index in [0.29, 0.717) is 12.2 Å². The second-order valence-electron chi connectivity index (χ2n) is 2.33. The Kier molecular flexibility index (Phi) is 4.18. The molecule has 1 rings (SSSR count). The summed E-state index contributed by atoms with van der Waals surface area (Å²) >= 11 is 0. The van der Waals surface area contributed by atoms with Gasteiger partial charge in [0.05, 0.1) is 16.6 Å². The van der Waals surface area contributed by atoms with Crippen LogP contribution >= 0.6 is 0 Å². The van der Waals surface area contributed by atoms with Crippen LogP contribution in [0.15, 0.2) is 35.2 Å². The molecule has 0 aliphatic rings. The smallest absolute Gasteiger partial charge is 0.293 e. The largest absolute Gasteiger partial charge is 0.467 e. The zero-order valence-corrected chi connectivity index (χ0v) is 7.83. The molecule has 0 amide bonds. The van der Waals surface area contributed by atoms with Gasteiger partial charge in [-0.25, -0.2) is 0 Å². The van der Waals surface area contributed by atoms with Crippen LogP contribution in [0.1, 0.15) is 0 Å². The van der Waals surface area contributed by atoms with Gasteiger partial charge in [-0.05, 0) is 12.1 Å². The zero-order chi connectivity index (χ0) is 9.52. The van der Waals surface area contributed by atoms with Gasteiger partial charge in [0, 0.05) is 4.90 Å². The number of ether oxygens (including phenoxy) is 1. The molecule has 13 heavy (non-hydrogen) atoms. The first-order valence-corrected chi connectivity index (χ1v) is 5.15. The number of hydrogen-bond donors (Lipinski definition) is 0. The lowest BCUT2D eigenvalue weighted by molar-refractivity contribution is -0.128. The molecule has 1 atom stereocenters. The fraction of sp³-hybridized carbons (Fsp3) is 0.222.